The molecule has 6 atom stereocenters. The molecule has 1 fully saturated rings. The Labute approximate surface area is 230 Å². The van der Waals surface area contributed by atoms with Crippen LogP contribution >= 0.6 is 12.4 Å². The number of aliphatic hydroxyl groups excluding tert-OH is 1. The minimum Gasteiger partial charge on any atom is -0.507 e. The first kappa shape index (κ1) is 30.5. The Hall–Kier alpha value is -3.06. The SMILES string of the molecule is COc1cccc2c1C(=O)c1c(O)c3c(c(O)c1C2=O)C[C@](O)(C(C)=O)CC3[C@@H]1C[C@H](N)[C@H](O)[C@H](C)O1.Cl.O. The van der Waals surface area contributed by atoms with Gasteiger partial charge in [-0.2, -0.15) is 0 Å². The summed E-state index contributed by atoms with van der Waals surface area (Å²) in [4.78, 5) is 39.7. The maximum Gasteiger partial charge on any atom is 0.202 e. The number of nitrogens with two attached hydrogens (primary N) is 1. The number of methoxy groups -OCH3 is 1. The Kier molecular flexibility index (Phi) is 8.20. The third-order valence-corrected chi connectivity index (χ3v) is 8.08. The van der Waals surface area contributed by atoms with Gasteiger partial charge in [0.25, 0.3) is 0 Å². The molecule has 0 spiro atoms. The number of ether oxygens (including phenoxy) is 2. The lowest BCUT2D eigenvalue weighted by Crippen LogP contribution is -2.54. The molecule has 1 heterocycles. The Morgan fingerprint density at radius 3 is 2.36 bits per heavy atom. The van der Waals surface area contributed by atoms with E-state index in [4.69, 9.17) is 15.2 Å². The van der Waals surface area contributed by atoms with E-state index in [1.54, 1.807) is 6.92 Å². The molecule has 212 valence electrons. The number of fused-ring (bicyclic) bond motifs is 3. The number of aliphatic hydroxyl groups is 2. The van der Waals surface area contributed by atoms with Gasteiger partial charge >= 0.3 is 0 Å². The highest BCUT2D eigenvalue weighted by atomic mass is 35.5. The summed E-state index contributed by atoms with van der Waals surface area (Å²) in [7, 11) is 1.35. The lowest BCUT2D eigenvalue weighted by Gasteiger charge is -2.45. The Bertz CT molecular complexity index is 1350. The number of rotatable bonds is 3. The second kappa shape index (κ2) is 10.5. The number of ketones is 3. The van der Waals surface area contributed by atoms with Gasteiger partial charge in [-0.25, -0.2) is 0 Å². The molecule has 0 bridgehead atoms. The standard InChI is InChI=1S/C27H29NO9.ClH.H2O/c1-10-22(30)15(28)7-17(37-10)13-8-27(35,11(2)29)9-14-18(13)25(33)21-20(24(14)32)23(31)12-5-4-6-16(36-3)19(12)26(21)34;;/h4-6,10,13,15,17,22,30,32-33,35H,7-9,28H2,1-3H3;1H;1H2/t10-,13?,15-,17-,22+,27-;;/m0../s1. The molecule has 0 radical (unpaired) electrons. The first-order chi connectivity index (χ1) is 17.4. The minimum atomic E-state index is -1.93. The molecule has 0 aromatic heterocycles. The van der Waals surface area contributed by atoms with Crippen LogP contribution in [0.2, 0.25) is 0 Å². The van der Waals surface area contributed by atoms with Gasteiger partial charge in [0.2, 0.25) is 5.78 Å². The summed E-state index contributed by atoms with van der Waals surface area (Å²) in [5, 5.41) is 44.5. The maximum atomic E-state index is 13.7. The van der Waals surface area contributed by atoms with Crippen LogP contribution in [0.3, 0.4) is 0 Å². The lowest BCUT2D eigenvalue weighted by atomic mass is 9.66. The summed E-state index contributed by atoms with van der Waals surface area (Å²) in [5.41, 5.74) is 3.53. The first-order valence-corrected chi connectivity index (χ1v) is 12.1. The van der Waals surface area contributed by atoms with Crippen LogP contribution in [-0.2, 0) is 16.0 Å². The fraction of sp³-hybridized carbons (Fsp3) is 0.444. The third-order valence-electron chi connectivity index (χ3n) is 8.08. The van der Waals surface area contributed by atoms with E-state index in [1.165, 1.54) is 32.2 Å². The molecule has 2 aliphatic carbocycles. The van der Waals surface area contributed by atoms with Crippen LogP contribution in [0.4, 0.5) is 0 Å². The van der Waals surface area contributed by atoms with E-state index < -0.39 is 70.3 Å². The number of aromatic hydroxyl groups is 2. The third kappa shape index (κ3) is 4.39. The number of hydrogen-bond donors (Lipinski definition) is 5. The molecule has 0 amide bonds. The number of halogens is 1. The van der Waals surface area contributed by atoms with Gasteiger partial charge in [-0.3, -0.25) is 14.4 Å². The van der Waals surface area contributed by atoms with Gasteiger partial charge in [-0.1, -0.05) is 12.1 Å². The smallest absolute Gasteiger partial charge is 0.202 e. The second-order valence-corrected chi connectivity index (χ2v) is 10.2. The van der Waals surface area contributed by atoms with E-state index >= 15 is 0 Å². The number of benzene rings is 2. The molecule has 39 heavy (non-hydrogen) atoms. The van der Waals surface area contributed by atoms with Gasteiger partial charge in [0.1, 0.15) is 22.8 Å². The van der Waals surface area contributed by atoms with Crippen LogP contribution in [-0.4, -0.2) is 80.3 Å². The van der Waals surface area contributed by atoms with Crippen molar-refractivity contribution in [3.8, 4) is 17.2 Å². The zero-order chi connectivity index (χ0) is 27.0. The van der Waals surface area contributed by atoms with Gasteiger partial charge in [0.05, 0.1) is 42.1 Å². The topological polar surface area (TPSA) is 208 Å². The summed E-state index contributed by atoms with van der Waals surface area (Å²) in [5.74, 6) is -3.79. The van der Waals surface area contributed by atoms with Gasteiger partial charge in [-0.15, -0.1) is 12.4 Å². The summed E-state index contributed by atoms with van der Waals surface area (Å²) in [6.07, 6.45) is -2.81. The number of Topliss-reactive ketones (excluding diaryl/α,β-unsaturated/α-hetero) is 1. The van der Waals surface area contributed by atoms with Crippen molar-refractivity contribution >= 4 is 29.8 Å². The fourth-order valence-corrected chi connectivity index (χ4v) is 6.04. The summed E-state index contributed by atoms with van der Waals surface area (Å²) in [6.45, 7) is 2.85. The number of phenols is 2. The van der Waals surface area contributed by atoms with E-state index in [0.717, 1.165) is 0 Å². The van der Waals surface area contributed by atoms with E-state index in [-0.39, 0.29) is 70.7 Å². The van der Waals surface area contributed by atoms with Crippen molar-refractivity contribution in [2.75, 3.05) is 7.11 Å². The molecular formula is C27H32ClNO10. The molecule has 0 saturated carbocycles. The van der Waals surface area contributed by atoms with Gasteiger partial charge in [0.15, 0.2) is 11.6 Å². The molecule has 2 aromatic carbocycles. The molecule has 11 nitrogen and oxygen atoms in total. The second-order valence-electron chi connectivity index (χ2n) is 10.2. The quantitative estimate of drug-likeness (QED) is 0.281. The molecule has 1 aliphatic heterocycles. The van der Waals surface area contributed by atoms with Crippen LogP contribution in [0.15, 0.2) is 18.2 Å². The lowest BCUT2D eigenvalue weighted by molar-refractivity contribution is -0.146. The highest BCUT2D eigenvalue weighted by Crippen LogP contribution is 2.53. The number of carbonyl (C=O) groups excluding carboxylic acids is 3. The minimum absolute atomic E-state index is 0. The van der Waals surface area contributed by atoms with E-state index in [0.29, 0.717) is 0 Å². The number of carbonyl (C=O) groups is 3. The van der Waals surface area contributed by atoms with Crippen molar-refractivity contribution in [1.29, 1.82) is 0 Å². The highest BCUT2D eigenvalue weighted by molar-refractivity contribution is 6.31. The zero-order valence-electron chi connectivity index (χ0n) is 21.6. The van der Waals surface area contributed by atoms with Crippen LogP contribution in [0.25, 0.3) is 0 Å². The molecule has 1 unspecified atom stereocenters. The predicted octanol–water partition coefficient (Wildman–Crippen LogP) is 0.694. The van der Waals surface area contributed by atoms with Gasteiger partial charge in [-0.05, 0) is 32.8 Å². The molecular weight excluding hydrogens is 534 g/mol. The summed E-state index contributed by atoms with van der Waals surface area (Å²) in [6, 6.07) is 3.80. The molecule has 1 saturated heterocycles. The van der Waals surface area contributed by atoms with Crippen molar-refractivity contribution < 1.29 is 49.8 Å². The average Bonchev–Trinajstić information content (AvgIpc) is 2.86. The highest BCUT2D eigenvalue weighted by Gasteiger charge is 2.51. The van der Waals surface area contributed by atoms with Crippen molar-refractivity contribution in [2.24, 2.45) is 5.73 Å². The van der Waals surface area contributed by atoms with Crippen molar-refractivity contribution in [2.45, 2.75) is 69.0 Å². The number of phenolic OH excluding ortho intramolecular Hbond substituents is 2. The Morgan fingerprint density at radius 2 is 1.77 bits per heavy atom. The Morgan fingerprint density at radius 1 is 1.13 bits per heavy atom. The largest absolute Gasteiger partial charge is 0.507 e. The molecule has 8 N–H and O–H groups in total. The van der Waals surface area contributed by atoms with Crippen molar-refractivity contribution in [1.82, 2.24) is 0 Å². The molecule has 3 aliphatic rings. The molecule has 2 aromatic rings. The van der Waals surface area contributed by atoms with Gasteiger partial charge in [0, 0.05) is 35.1 Å². The van der Waals surface area contributed by atoms with Crippen LogP contribution < -0.4 is 10.5 Å². The predicted molar refractivity (Wildman–Crippen MR) is 140 cm³/mol. The van der Waals surface area contributed by atoms with Crippen LogP contribution in [0.1, 0.15) is 75.6 Å². The monoisotopic (exact) mass is 565 g/mol. The summed E-state index contributed by atoms with van der Waals surface area (Å²) < 4.78 is 11.3. The zero-order valence-corrected chi connectivity index (χ0v) is 22.4. The van der Waals surface area contributed by atoms with E-state index in [2.05, 4.69) is 0 Å². The molecule has 5 rings (SSSR count). The van der Waals surface area contributed by atoms with Crippen LogP contribution in [0.5, 0.6) is 17.2 Å². The summed E-state index contributed by atoms with van der Waals surface area (Å²) >= 11 is 0. The molecule has 12 heteroatoms. The average molecular weight is 566 g/mol. The fourth-order valence-electron chi connectivity index (χ4n) is 6.04. The Balaban J connectivity index is 0.00000210. The van der Waals surface area contributed by atoms with Crippen molar-refractivity contribution in [3.63, 3.8) is 0 Å². The van der Waals surface area contributed by atoms with E-state index in [1.807, 2.05) is 0 Å². The maximum absolute atomic E-state index is 13.7. The van der Waals surface area contributed by atoms with Crippen LogP contribution in [0, 0.1) is 0 Å². The van der Waals surface area contributed by atoms with Crippen molar-refractivity contribution in [3.05, 3.63) is 51.6 Å². The first-order valence-electron chi connectivity index (χ1n) is 12.1. The number of hydrogen-bond acceptors (Lipinski definition) is 10. The normalized spacial score (nSPS) is 29.2. The van der Waals surface area contributed by atoms with E-state index in [9.17, 15) is 34.8 Å². The van der Waals surface area contributed by atoms with Gasteiger partial charge < -0.3 is 41.1 Å².